The molecule has 2 atom stereocenters. The van der Waals surface area contributed by atoms with Crippen molar-refractivity contribution in [3.8, 4) is 5.75 Å². The van der Waals surface area contributed by atoms with Crippen LogP contribution in [0.3, 0.4) is 0 Å². The topological polar surface area (TPSA) is 45.2 Å². The lowest BCUT2D eigenvalue weighted by Gasteiger charge is -2.38. The molecular formula is C20H32N2O3. The molecule has 1 N–H and O–H groups in total. The monoisotopic (exact) mass is 348 g/mol. The molecule has 2 fully saturated rings. The van der Waals surface area contributed by atoms with Crippen LogP contribution in [0.5, 0.6) is 5.75 Å². The van der Waals surface area contributed by atoms with Gasteiger partial charge in [-0.25, -0.2) is 0 Å². The van der Waals surface area contributed by atoms with E-state index < -0.39 is 0 Å². The highest BCUT2D eigenvalue weighted by molar-refractivity contribution is 5.27. The van der Waals surface area contributed by atoms with E-state index in [4.69, 9.17) is 9.47 Å². The number of nitrogens with zero attached hydrogens (tertiary/aromatic N) is 2. The summed E-state index contributed by atoms with van der Waals surface area (Å²) in [6, 6.07) is 8.79. The van der Waals surface area contributed by atoms with Gasteiger partial charge in [-0.2, -0.15) is 0 Å². The van der Waals surface area contributed by atoms with Crippen LogP contribution in [0.4, 0.5) is 0 Å². The third-order valence-electron chi connectivity index (χ3n) is 5.39. The lowest BCUT2D eigenvalue weighted by molar-refractivity contribution is 0.0607. The number of ether oxygens (including phenoxy) is 2. The van der Waals surface area contributed by atoms with Crippen LogP contribution < -0.4 is 4.74 Å². The lowest BCUT2D eigenvalue weighted by atomic mass is 10.1. The van der Waals surface area contributed by atoms with E-state index in [9.17, 15) is 5.11 Å². The summed E-state index contributed by atoms with van der Waals surface area (Å²) in [5, 5.41) is 9.44. The van der Waals surface area contributed by atoms with Crippen LogP contribution in [0.15, 0.2) is 24.3 Å². The SMILES string of the molecule is CCC(CO)N1CCN(Cc2ccc(OCC3CCCO3)cc2)CC1. The summed E-state index contributed by atoms with van der Waals surface area (Å²) in [7, 11) is 0. The van der Waals surface area contributed by atoms with E-state index in [0.29, 0.717) is 12.6 Å². The van der Waals surface area contributed by atoms with Crippen molar-refractivity contribution in [1.29, 1.82) is 0 Å². The van der Waals surface area contributed by atoms with E-state index in [2.05, 4.69) is 41.0 Å². The summed E-state index contributed by atoms with van der Waals surface area (Å²) >= 11 is 0. The number of aliphatic hydroxyl groups excluding tert-OH is 1. The number of benzene rings is 1. The molecule has 0 bridgehead atoms. The largest absolute Gasteiger partial charge is 0.491 e. The smallest absolute Gasteiger partial charge is 0.119 e. The van der Waals surface area contributed by atoms with Gasteiger partial charge in [-0.1, -0.05) is 19.1 Å². The number of piperazine rings is 1. The normalized spacial score (nSPS) is 23.7. The maximum atomic E-state index is 9.44. The zero-order valence-electron chi connectivity index (χ0n) is 15.4. The fraction of sp³-hybridized carbons (Fsp3) is 0.700. The molecule has 5 nitrogen and oxygen atoms in total. The van der Waals surface area contributed by atoms with E-state index in [-0.39, 0.29) is 12.7 Å². The Hall–Kier alpha value is -1.14. The fourth-order valence-electron chi connectivity index (χ4n) is 3.70. The van der Waals surface area contributed by atoms with Gasteiger partial charge in [-0.3, -0.25) is 9.80 Å². The summed E-state index contributed by atoms with van der Waals surface area (Å²) in [6.45, 7) is 9.14. The molecule has 0 radical (unpaired) electrons. The van der Waals surface area contributed by atoms with E-state index in [0.717, 1.165) is 64.3 Å². The molecule has 25 heavy (non-hydrogen) atoms. The standard InChI is InChI=1S/C20H32N2O3/c1-2-18(15-23)22-11-9-21(10-12-22)14-17-5-7-19(8-6-17)25-16-20-4-3-13-24-20/h5-8,18,20,23H,2-4,9-16H2,1H3. The molecule has 2 aliphatic heterocycles. The Balaban J connectivity index is 1.41. The van der Waals surface area contributed by atoms with Gasteiger partial charge < -0.3 is 14.6 Å². The molecule has 1 aromatic carbocycles. The van der Waals surface area contributed by atoms with Crippen LogP contribution in [0, 0.1) is 0 Å². The molecule has 0 aliphatic carbocycles. The summed E-state index contributed by atoms with van der Waals surface area (Å²) in [6.07, 6.45) is 3.54. The van der Waals surface area contributed by atoms with Crippen molar-refractivity contribution < 1.29 is 14.6 Å². The predicted molar refractivity (Wildman–Crippen MR) is 98.9 cm³/mol. The second-order valence-corrected chi connectivity index (χ2v) is 7.15. The second-order valence-electron chi connectivity index (χ2n) is 7.15. The number of hydrogen-bond acceptors (Lipinski definition) is 5. The molecule has 0 amide bonds. The second kappa shape index (κ2) is 9.53. The summed E-state index contributed by atoms with van der Waals surface area (Å²) in [5.74, 6) is 0.929. The van der Waals surface area contributed by atoms with Crippen molar-refractivity contribution in [2.24, 2.45) is 0 Å². The van der Waals surface area contributed by atoms with Crippen molar-refractivity contribution in [1.82, 2.24) is 9.80 Å². The van der Waals surface area contributed by atoms with Crippen LogP contribution in [0.1, 0.15) is 31.7 Å². The third kappa shape index (κ3) is 5.42. The number of hydrogen-bond donors (Lipinski definition) is 1. The minimum Gasteiger partial charge on any atom is -0.491 e. The maximum absolute atomic E-state index is 9.44. The minimum absolute atomic E-state index is 0.266. The molecule has 0 saturated carbocycles. The zero-order valence-corrected chi connectivity index (χ0v) is 15.4. The van der Waals surface area contributed by atoms with Crippen molar-refractivity contribution in [3.63, 3.8) is 0 Å². The van der Waals surface area contributed by atoms with Crippen LogP contribution in [0.25, 0.3) is 0 Å². The van der Waals surface area contributed by atoms with E-state index >= 15 is 0 Å². The number of rotatable bonds is 8. The third-order valence-corrected chi connectivity index (χ3v) is 5.39. The maximum Gasteiger partial charge on any atom is 0.119 e. The van der Waals surface area contributed by atoms with Gasteiger partial charge in [-0.15, -0.1) is 0 Å². The molecule has 3 rings (SSSR count). The first kappa shape index (κ1) is 18.6. The first-order valence-electron chi connectivity index (χ1n) is 9.69. The van der Waals surface area contributed by atoms with Crippen molar-refractivity contribution >= 4 is 0 Å². The van der Waals surface area contributed by atoms with Gasteiger partial charge >= 0.3 is 0 Å². The van der Waals surface area contributed by atoms with Crippen LogP contribution in [0.2, 0.25) is 0 Å². The number of aliphatic hydroxyl groups is 1. The highest BCUT2D eigenvalue weighted by Crippen LogP contribution is 2.18. The van der Waals surface area contributed by atoms with Gasteiger partial charge in [0.05, 0.1) is 12.7 Å². The van der Waals surface area contributed by atoms with Gasteiger partial charge in [0.1, 0.15) is 12.4 Å². The fourth-order valence-corrected chi connectivity index (χ4v) is 3.70. The van der Waals surface area contributed by atoms with E-state index in [1.54, 1.807) is 0 Å². The Morgan fingerprint density at radius 2 is 1.96 bits per heavy atom. The van der Waals surface area contributed by atoms with Crippen LogP contribution in [-0.4, -0.2) is 73.1 Å². The average molecular weight is 348 g/mol. The molecule has 0 aromatic heterocycles. The van der Waals surface area contributed by atoms with Crippen LogP contribution >= 0.6 is 0 Å². The molecule has 2 aliphatic rings. The average Bonchev–Trinajstić information content (AvgIpc) is 3.17. The zero-order chi connectivity index (χ0) is 17.5. The quantitative estimate of drug-likeness (QED) is 0.780. The first-order valence-corrected chi connectivity index (χ1v) is 9.69. The van der Waals surface area contributed by atoms with Gasteiger partial charge in [0.2, 0.25) is 0 Å². The Morgan fingerprint density at radius 3 is 2.56 bits per heavy atom. The Bertz CT molecular complexity index is 490. The molecule has 2 saturated heterocycles. The van der Waals surface area contributed by atoms with E-state index in [1.165, 1.54) is 5.56 Å². The molecule has 0 spiro atoms. The van der Waals surface area contributed by atoms with Gasteiger partial charge in [0, 0.05) is 45.4 Å². The Labute approximate surface area is 151 Å². The molecule has 5 heteroatoms. The molecule has 140 valence electrons. The summed E-state index contributed by atoms with van der Waals surface area (Å²) in [4.78, 5) is 4.90. The highest BCUT2D eigenvalue weighted by Gasteiger charge is 2.22. The van der Waals surface area contributed by atoms with Gasteiger partial charge in [-0.05, 0) is 37.0 Å². The molecular weight excluding hydrogens is 316 g/mol. The summed E-state index contributed by atoms with van der Waals surface area (Å²) < 4.78 is 11.4. The van der Waals surface area contributed by atoms with Gasteiger partial charge in [0.25, 0.3) is 0 Å². The van der Waals surface area contributed by atoms with Crippen LogP contribution in [-0.2, 0) is 11.3 Å². The summed E-state index contributed by atoms with van der Waals surface area (Å²) in [5.41, 5.74) is 1.33. The molecule has 2 heterocycles. The molecule has 2 unspecified atom stereocenters. The Morgan fingerprint density at radius 1 is 1.20 bits per heavy atom. The Kier molecular flexibility index (Phi) is 7.11. The predicted octanol–water partition coefficient (Wildman–Crippen LogP) is 2.13. The van der Waals surface area contributed by atoms with Gasteiger partial charge in [0.15, 0.2) is 0 Å². The van der Waals surface area contributed by atoms with Crippen molar-refractivity contribution in [2.45, 2.75) is 44.9 Å². The van der Waals surface area contributed by atoms with Crippen molar-refractivity contribution in [2.75, 3.05) is 46.0 Å². The lowest BCUT2D eigenvalue weighted by Crippen LogP contribution is -2.50. The van der Waals surface area contributed by atoms with E-state index in [1.807, 2.05) is 0 Å². The minimum atomic E-state index is 0.266. The van der Waals surface area contributed by atoms with Crippen molar-refractivity contribution in [3.05, 3.63) is 29.8 Å². The highest BCUT2D eigenvalue weighted by atomic mass is 16.5. The molecule has 1 aromatic rings. The first-order chi connectivity index (χ1) is 12.3.